The minimum Gasteiger partial charge on any atom is -0.394 e. The third kappa shape index (κ3) is 2.83. The van der Waals surface area contributed by atoms with Crippen molar-refractivity contribution in [3.05, 3.63) is 18.2 Å². The predicted octanol–water partition coefficient (Wildman–Crippen LogP) is 1.35. The Labute approximate surface area is 97.5 Å². The second kappa shape index (κ2) is 6.01. The fourth-order valence-corrected chi connectivity index (χ4v) is 1.90. The first-order valence-corrected chi connectivity index (χ1v) is 5.99. The zero-order chi connectivity index (χ0) is 12.1. The Hall–Kier alpha value is -0.870. The van der Waals surface area contributed by atoms with Gasteiger partial charge >= 0.3 is 0 Å². The number of rotatable bonds is 6. The first-order chi connectivity index (χ1) is 7.61. The first kappa shape index (κ1) is 13.2. The van der Waals surface area contributed by atoms with Crippen LogP contribution in [-0.2, 0) is 6.42 Å². The highest BCUT2D eigenvalue weighted by Crippen LogP contribution is 2.18. The highest BCUT2D eigenvalue weighted by atomic mass is 16.3. The Morgan fingerprint density at radius 3 is 2.69 bits per heavy atom. The van der Waals surface area contributed by atoms with Gasteiger partial charge in [0.25, 0.3) is 0 Å². The second-order valence-electron chi connectivity index (χ2n) is 4.57. The lowest BCUT2D eigenvalue weighted by Gasteiger charge is -2.27. The summed E-state index contributed by atoms with van der Waals surface area (Å²) in [5, 5.41) is 9.48. The van der Waals surface area contributed by atoms with Gasteiger partial charge in [0, 0.05) is 24.9 Å². The normalized spacial score (nSPS) is 15.4. The Kier molecular flexibility index (Phi) is 4.96. The number of aliphatic hydroxyl groups excluding tert-OH is 1. The van der Waals surface area contributed by atoms with Crippen LogP contribution in [-0.4, -0.2) is 27.3 Å². The van der Waals surface area contributed by atoms with Crippen molar-refractivity contribution >= 4 is 0 Å². The molecule has 3 N–H and O–H groups in total. The molecular formula is C12H23N3O. The van der Waals surface area contributed by atoms with Crippen LogP contribution in [0.4, 0.5) is 0 Å². The van der Waals surface area contributed by atoms with Crippen molar-refractivity contribution < 1.29 is 5.11 Å². The first-order valence-electron chi connectivity index (χ1n) is 5.99. The number of aryl methyl sites for hydroxylation is 1. The number of hydrogen-bond donors (Lipinski definition) is 2. The molecule has 0 bridgehead atoms. The van der Waals surface area contributed by atoms with E-state index in [0.717, 1.165) is 18.7 Å². The van der Waals surface area contributed by atoms with Crippen molar-refractivity contribution in [3.8, 4) is 0 Å². The summed E-state index contributed by atoms with van der Waals surface area (Å²) in [4.78, 5) is 4.31. The number of imidazole rings is 1. The van der Waals surface area contributed by atoms with Gasteiger partial charge in [-0.1, -0.05) is 20.8 Å². The molecule has 0 amide bonds. The molecule has 0 saturated carbocycles. The van der Waals surface area contributed by atoms with Gasteiger partial charge in [0.2, 0.25) is 0 Å². The smallest absolute Gasteiger partial charge is 0.109 e. The highest BCUT2D eigenvalue weighted by molar-refractivity contribution is 4.98. The van der Waals surface area contributed by atoms with E-state index in [1.807, 2.05) is 10.8 Å². The van der Waals surface area contributed by atoms with Crippen molar-refractivity contribution in [2.24, 2.45) is 11.7 Å². The molecule has 1 aromatic rings. The van der Waals surface area contributed by atoms with Crippen LogP contribution < -0.4 is 5.73 Å². The fraction of sp³-hybridized carbons (Fsp3) is 0.750. The van der Waals surface area contributed by atoms with Gasteiger partial charge in [-0.2, -0.15) is 0 Å². The molecule has 0 aliphatic rings. The summed E-state index contributed by atoms with van der Waals surface area (Å²) < 4.78 is 2.02. The molecule has 0 aliphatic carbocycles. The average Bonchev–Trinajstić information content (AvgIpc) is 2.68. The monoisotopic (exact) mass is 225 g/mol. The summed E-state index contributed by atoms with van der Waals surface area (Å²) in [6, 6.07) is -0.112. The molecular weight excluding hydrogens is 202 g/mol. The Bertz CT molecular complexity index is 309. The molecule has 2 atom stereocenters. The van der Waals surface area contributed by atoms with E-state index in [4.69, 9.17) is 5.73 Å². The van der Waals surface area contributed by atoms with E-state index < -0.39 is 0 Å². The SMILES string of the molecule is CCCc1nccn1C(CO)C(N)C(C)C. The van der Waals surface area contributed by atoms with E-state index in [1.54, 1.807) is 6.20 Å². The van der Waals surface area contributed by atoms with Crippen molar-refractivity contribution in [3.63, 3.8) is 0 Å². The molecule has 1 aromatic heterocycles. The molecule has 0 spiro atoms. The van der Waals surface area contributed by atoms with Gasteiger partial charge in [0.05, 0.1) is 12.6 Å². The highest BCUT2D eigenvalue weighted by Gasteiger charge is 2.23. The van der Waals surface area contributed by atoms with Crippen molar-refractivity contribution in [1.29, 1.82) is 0 Å². The third-order valence-electron chi connectivity index (χ3n) is 2.98. The lowest BCUT2D eigenvalue weighted by atomic mass is 9.97. The van der Waals surface area contributed by atoms with Gasteiger partial charge in [0.15, 0.2) is 0 Å². The second-order valence-corrected chi connectivity index (χ2v) is 4.57. The van der Waals surface area contributed by atoms with Gasteiger partial charge in [0.1, 0.15) is 5.82 Å². The van der Waals surface area contributed by atoms with Gasteiger partial charge < -0.3 is 15.4 Å². The average molecular weight is 225 g/mol. The van der Waals surface area contributed by atoms with Gasteiger partial charge in [-0.15, -0.1) is 0 Å². The van der Waals surface area contributed by atoms with E-state index in [1.165, 1.54) is 0 Å². The zero-order valence-corrected chi connectivity index (χ0v) is 10.4. The van der Waals surface area contributed by atoms with E-state index in [2.05, 4.69) is 25.8 Å². The maximum Gasteiger partial charge on any atom is 0.109 e. The summed E-state index contributed by atoms with van der Waals surface area (Å²) in [6.07, 6.45) is 5.66. The molecule has 1 rings (SSSR count). The van der Waals surface area contributed by atoms with Crippen LogP contribution in [0.3, 0.4) is 0 Å². The summed E-state index contributed by atoms with van der Waals surface area (Å²) >= 11 is 0. The number of aliphatic hydroxyl groups is 1. The van der Waals surface area contributed by atoms with E-state index in [0.29, 0.717) is 5.92 Å². The van der Waals surface area contributed by atoms with Crippen LogP contribution in [0.2, 0.25) is 0 Å². The molecule has 0 fully saturated rings. The van der Waals surface area contributed by atoms with Gasteiger partial charge in [-0.25, -0.2) is 4.98 Å². The van der Waals surface area contributed by atoms with Crippen LogP contribution in [0.1, 0.15) is 39.1 Å². The van der Waals surface area contributed by atoms with Crippen LogP contribution in [0.15, 0.2) is 12.4 Å². The lowest BCUT2D eigenvalue weighted by Crippen LogP contribution is -2.39. The molecule has 16 heavy (non-hydrogen) atoms. The minimum absolute atomic E-state index is 0.0465. The molecule has 4 heteroatoms. The summed E-state index contributed by atoms with van der Waals surface area (Å²) in [7, 11) is 0. The quantitative estimate of drug-likeness (QED) is 0.768. The minimum atomic E-state index is -0.0657. The largest absolute Gasteiger partial charge is 0.394 e. The molecule has 2 unspecified atom stereocenters. The standard InChI is InChI=1S/C12H23N3O/c1-4-5-11-14-6-7-15(11)10(8-16)12(13)9(2)3/h6-7,9-10,12,16H,4-5,8,13H2,1-3H3. The van der Waals surface area contributed by atoms with Crippen LogP contribution in [0, 0.1) is 5.92 Å². The number of aromatic nitrogens is 2. The van der Waals surface area contributed by atoms with E-state index in [9.17, 15) is 5.11 Å². The molecule has 1 heterocycles. The number of nitrogens with zero attached hydrogens (tertiary/aromatic N) is 2. The fourth-order valence-electron chi connectivity index (χ4n) is 1.90. The van der Waals surface area contributed by atoms with Crippen LogP contribution >= 0.6 is 0 Å². The predicted molar refractivity (Wildman–Crippen MR) is 65.2 cm³/mol. The molecule has 0 saturated heterocycles. The van der Waals surface area contributed by atoms with Crippen LogP contribution in [0.5, 0.6) is 0 Å². The van der Waals surface area contributed by atoms with Crippen LogP contribution in [0.25, 0.3) is 0 Å². The Morgan fingerprint density at radius 1 is 1.50 bits per heavy atom. The summed E-state index contributed by atoms with van der Waals surface area (Å²) in [5.74, 6) is 1.35. The summed E-state index contributed by atoms with van der Waals surface area (Å²) in [6.45, 7) is 6.33. The molecule has 92 valence electrons. The van der Waals surface area contributed by atoms with E-state index in [-0.39, 0.29) is 18.7 Å². The molecule has 4 nitrogen and oxygen atoms in total. The number of nitrogens with two attached hydrogens (primary N) is 1. The maximum atomic E-state index is 9.48. The Morgan fingerprint density at radius 2 is 2.19 bits per heavy atom. The molecule has 0 radical (unpaired) electrons. The zero-order valence-electron chi connectivity index (χ0n) is 10.4. The van der Waals surface area contributed by atoms with Crippen molar-refractivity contribution in [1.82, 2.24) is 9.55 Å². The topological polar surface area (TPSA) is 64.1 Å². The van der Waals surface area contributed by atoms with Crippen molar-refractivity contribution in [2.45, 2.75) is 45.7 Å². The van der Waals surface area contributed by atoms with Gasteiger partial charge in [-0.3, -0.25) is 0 Å². The van der Waals surface area contributed by atoms with E-state index >= 15 is 0 Å². The Balaban J connectivity index is 2.89. The number of hydrogen-bond acceptors (Lipinski definition) is 3. The third-order valence-corrected chi connectivity index (χ3v) is 2.98. The molecule has 0 aromatic carbocycles. The van der Waals surface area contributed by atoms with Gasteiger partial charge in [-0.05, 0) is 12.3 Å². The molecule has 0 aliphatic heterocycles. The lowest BCUT2D eigenvalue weighted by molar-refractivity contribution is 0.186. The van der Waals surface area contributed by atoms with Crippen molar-refractivity contribution in [2.75, 3.05) is 6.61 Å². The maximum absolute atomic E-state index is 9.48. The summed E-state index contributed by atoms with van der Waals surface area (Å²) in [5.41, 5.74) is 6.12.